The first-order chi connectivity index (χ1) is 8.74. The Bertz CT molecular complexity index is 493. The Morgan fingerprint density at radius 2 is 2.33 bits per heavy atom. The summed E-state index contributed by atoms with van der Waals surface area (Å²) >= 11 is 6.05. The number of hydrogen-bond acceptors (Lipinski definition) is 4. The molecular formula is C12H16ClN3O2. The molecule has 1 saturated carbocycles. The fourth-order valence-electron chi connectivity index (χ4n) is 2.13. The molecule has 98 valence electrons. The van der Waals surface area contributed by atoms with Crippen LogP contribution in [0.3, 0.4) is 0 Å². The van der Waals surface area contributed by atoms with Gasteiger partial charge in [-0.25, -0.2) is 4.68 Å². The van der Waals surface area contributed by atoms with Crippen LogP contribution in [0.2, 0.25) is 5.02 Å². The van der Waals surface area contributed by atoms with E-state index in [1.807, 2.05) is 0 Å². The zero-order valence-electron chi connectivity index (χ0n) is 10.1. The highest BCUT2D eigenvalue weighted by Gasteiger charge is 2.24. The zero-order valence-corrected chi connectivity index (χ0v) is 10.8. The van der Waals surface area contributed by atoms with Crippen molar-refractivity contribution < 1.29 is 4.74 Å². The van der Waals surface area contributed by atoms with E-state index in [4.69, 9.17) is 16.3 Å². The summed E-state index contributed by atoms with van der Waals surface area (Å²) in [6, 6.07) is 0.173. The Hall–Kier alpha value is -1.07. The Morgan fingerprint density at radius 1 is 1.50 bits per heavy atom. The summed E-state index contributed by atoms with van der Waals surface area (Å²) in [6.07, 6.45) is 4.83. The molecule has 3 rings (SSSR count). The van der Waals surface area contributed by atoms with Crippen LogP contribution in [0, 0.1) is 5.92 Å². The second-order valence-corrected chi connectivity index (χ2v) is 5.41. The Labute approximate surface area is 110 Å². The molecule has 1 N–H and O–H groups in total. The summed E-state index contributed by atoms with van der Waals surface area (Å²) in [7, 11) is 0. The van der Waals surface area contributed by atoms with Crippen molar-refractivity contribution in [1.29, 1.82) is 0 Å². The van der Waals surface area contributed by atoms with E-state index in [1.165, 1.54) is 17.5 Å². The van der Waals surface area contributed by atoms with Crippen molar-refractivity contribution in [3.63, 3.8) is 0 Å². The Balaban J connectivity index is 1.83. The van der Waals surface area contributed by atoms with Gasteiger partial charge in [0.2, 0.25) is 0 Å². The lowest BCUT2D eigenvalue weighted by Crippen LogP contribution is -2.30. The van der Waals surface area contributed by atoms with Gasteiger partial charge in [-0.05, 0) is 25.2 Å². The van der Waals surface area contributed by atoms with Gasteiger partial charge in [-0.3, -0.25) is 4.79 Å². The van der Waals surface area contributed by atoms with Crippen LogP contribution in [0.5, 0.6) is 0 Å². The fraction of sp³-hybridized carbons (Fsp3) is 0.667. The van der Waals surface area contributed by atoms with Crippen molar-refractivity contribution in [2.45, 2.75) is 31.8 Å². The largest absolute Gasteiger partial charge is 0.379 e. The van der Waals surface area contributed by atoms with Crippen molar-refractivity contribution in [1.82, 2.24) is 9.78 Å². The van der Waals surface area contributed by atoms with Crippen LogP contribution in [-0.2, 0) is 11.3 Å². The summed E-state index contributed by atoms with van der Waals surface area (Å²) in [5.74, 6) is 0.610. The molecule has 0 radical (unpaired) electrons. The van der Waals surface area contributed by atoms with Gasteiger partial charge in [0.1, 0.15) is 5.69 Å². The molecule has 0 spiro atoms. The summed E-state index contributed by atoms with van der Waals surface area (Å²) < 4.78 is 6.80. The van der Waals surface area contributed by atoms with Gasteiger partial charge in [-0.1, -0.05) is 11.6 Å². The van der Waals surface area contributed by atoms with Crippen molar-refractivity contribution in [2.75, 3.05) is 18.5 Å². The second-order valence-electron chi connectivity index (χ2n) is 5.00. The number of aromatic nitrogens is 2. The van der Waals surface area contributed by atoms with E-state index < -0.39 is 0 Å². The molecule has 1 atom stereocenters. The Morgan fingerprint density at radius 3 is 3.00 bits per heavy atom. The SMILES string of the molecule is O=c1c(NC2CCOC2)c(Cl)cnn1CC1CC1. The summed E-state index contributed by atoms with van der Waals surface area (Å²) in [6.45, 7) is 2.06. The molecule has 1 unspecified atom stereocenters. The third-order valence-corrected chi connectivity index (χ3v) is 3.69. The van der Waals surface area contributed by atoms with Crippen molar-refractivity contribution in [3.8, 4) is 0 Å². The van der Waals surface area contributed by atoms with Gasteiger partial charge < -0.3 is 10.1 Å². The lowest BCUT2D eigenvalue weighted by Gasteiger charge is -2.14. The highest BCUT2D eigenvalue weighted by molar-refractivity contribution is 6.33. The van der Waals surface area contributed by atoms with Crippen LogP contribution >= 0.6 is 11.6 Å². The molecular weight excluding hydrogens is 254 g/mol. The number of hydrogen-bond donors (Lipinski definition) is 1. The van der Waals surface area contributed by atoms with Gasteiger partial charge in [0.15, 0.2) is 0 Å². The molecule has 0 aromatic carbocycles. The van der Waals surface area contributed by atoms with Gasteiger partial charge in [-0.2, -0.15) is 5.10 Å². The van der Waals surface area contributed by atoms with Crippen LogP contribution in [0.1, 0.15) is 19.3 Å². The van der Waals surface area contributed by atoms with Crippen LogP contribution in [0.25, 0.3) is 0 Å². The molecule has 0 amide bonds. The Kier molecular flexibility index (Phi) is 3.26. The third kappa shape index (κ3) is 2.52. The number of nitrogens with zero attached hydrogens (tertiary/aromatic N) is 2. The quantitative estimate of drug-likeness (QED) is 0.900. The molecule has 1 aliphatic carbocycles. The van der Waals surface area contributed by atoms with Gasteiger partial charge in [0.25, 0.3) is 5.56 Å². The molecule has 2 fully saturated rings. The molecule has 2 aliphatic rings. The van der Waals surface area contributed by atoms with E-state index in [9.17, 15) is 4.79 Å². The van der Waals surface area contributed by atoms with Gasteiger partial charge in [-0.15, -0.1) is 0 Å². The van der Waals surface area contributed by atoms with Crippen LogP contribution in [0.15, 0.2) is 11.0 Å². The normalized spacial score (nSPS) is 23.3. The molecule has 1 aromatic rings. The standard InChI is InChI=1S/C12H16ClN3O2/c13-10-5-14-16(6-8-1-2-8)12(17)11(10)15-9-3-4-18-7-9/h5,8-9,15H,1-4,6-7H2. The molecule has 1 saturated heterocycles. The number of nitrogens with one attached hydrogen (secondary N) is 1. The number of anilines is 1. The average Bonchev–Trinajstić information content (AvgIpc) is 3.02. The van der Waals surface area contributed by atoms with Gasteiger partial charge in [0.05, 0.1) is 23.9 Å². The van der Waals surface area contributed by atoms with Crippen LogP contribution in [0.4, 0.5) is 5.69 Å². The molecule has 1 aliphatic heterocycles. The number of ether oxygens (including phenoxy) is 1. The second kappa shape index (κ2) is 4.90. The van der Waals surface area contributed by atoms with Crippen molar-refractivity contribution >= 4 is 17.3 Å². The monoisotopic (exact) mass is 269 g/mol. The predicted octanol–water partition coefficient (Wildman–Crippen LogP) is 1.51. The summed E-state index contributed by atoms with van der Waals surface area (Å²) in [5.41, 5.74) is 0.337. The maximum Gasteiger partial charge on any atom is 0.291 e. The maximum absolute atomic E-state index is 12.3. The zero-order chi connectivity index (χ0) is 12.5. The van der Waals surface area contributed by atoms with E-state index in [0.717, 1.165) is 13.0 Å². The van der Waals surface area contributed by atoms with E-state index in [-0.39, 0.29) is 11.6 Å². The molecule has 1 aromatic heterocycles. The molecule has 6 heteroatoms. The topological polar surface area (TPSA) is 56.1 Å². The predicted molar refractivity (Wildman–Crippen MR) is 69.1 cm³/mol. The maximum atomic E-state index is 12.3. The first kappa shape index (κ1) is 12.0. The van der Waals surface area contributed by atoms with E-state index >= 15 is 0 Å². The number of halogens is 1. The molecule has 5 nitrogen and oxygen atoms in total. The van der Waals surface area contributed by atoms with Crippen LogP contribution in [-0.4, -0.2) is 29.0 Å². The summed E-state index contributed by atoms with van der Waals surface area (Å²) in [5, 5.41) is 7.66. The highest BCUT2D eigenvalue weighted by atomic mass is 35.5. The van der Waals surface area contributed by atoms with E-state index in [0.29, 0.717) is 29.8 Å². The van der Waals surface area contributed by atoms with Gasteiger partial charge >= 0.3 is 0 Å². The minimum Gasteiger partial charge on any atom is -0.379 e. The smallest absolute Gasteiger partial charge is 0.291 e. The van der Waals surface area contributed by atoms with Crippen molar-refractivity contribution in [3.05, 3.63) is 21.6 Å². The van der Waals surface area contributed by atoms with Crippen molar-refractivity contribution in [2.24, 2.45) is 5.92 Å². The first-order valence-corrected chi connectivity index (χ1v) is 6.72. The minimum atomic E-state index is -0.124. The molecule has 0 bridgehead atoms. The minimum absolute atomic E-state index is 0.124. The number of rotatable bonds is 4. The first-order valence-electron chi connectivity index (χ1n) is 6.34. The third-order valence-electron chi connectivity index (χ3n) is 3.40. The molecule has 18 heavy (non-hydrogen) atoms. The van der Waals surface area contributed by atoms with E-state index in [2.05, 4.69) is 10.4 Å². The fourth-order valence-corrected chi connectivity index (χ4v) is 2.31. The van der Waals surface area contributed by atoms with Crippen LogP contribution < -0.4 is 10.9 Å². The highest BCUT2D eigenvalue weighted by Crippen LogP contribution is 2.30. The lowest BCUT2D eigenvalue weighted by molar-refractivity contribution is 0.195. The van der Waals surface area contributed by atoms with E-state index in [1.54, 1.807) is 6.20 Å². The summed E-state index contributed by atoms with van der Waals surface area (Å²) in [4.78, 5) is 12.3. The van der Waals surface area contributed by atoms with Gasteiger partial charge in [0, 0.05) is 13.2 Å². The lowest BCUT2D eigenvalue weighted by atomic mass is 10.2. The average molecular weight is 270 g/mol. The molecule has 2 heterocycles.